The molecule has 0 aliphatic carbocycles. The monoisotopic (exact) mass is 234 g/mol. The number of hydrogen-bond acceptors (Lipinski definition) is 5. The zero-order valence-corrected chi connectivity index (χ0v) is 8.97. The SMILES string of the molecule is COC(=O)C(O)C(O)c1nn(C)cc1Cl. The summed E-state index contributed by atoms with van der Waals surface area (Å²) in [7, 11) is 2.71. The van der Waals surface area contributed by atoms with E-state index in [4.69, 9.17) is 11.6 Å². The van der Waals surface area contributed by atoms with Crippen molar-refractivity contribution in [2.45, 2.75) is 12.2 Å². The van der Waals surface area contributed by atoms with Gasteiger partial charge in [-0.25, -0.2) is 4.79 Å². The molecule has 0 aliphatic heterocycles. The van der Waals surface area contributed by atoms with Gasteiger partial charge in [0.05, 0.1) is 12.1 Å². The largest absolute Gasteiger partial charge is 0.467 e. The number of aliphatic hydroxyl groups excluding tert-OH is 2. The van der Waals surface area contributed by atoms with Gasteiger partial charge in [-0.1, -0.05) is 11.6 Å². The molecule has 2 unspecified atom stereocenters. The van der Waals surface area contributed by atoms with E-state index >= 15 is 0 Å². The van der Waals surface area contributed by atoms with Crippen molar-refractivity contribution >= 4 is 17.6 Å². The lowest BCUT2D eigenvalue weighted by Crippen LogP contribution is -2.29. The second-order valence-corrected chi connectivity index (χ2v) is 3.36. The average Bonchev–Trinajstić information content (AvgIpc) is 2.54. The first kappa shape index (κ1) is 12.0. The number of carbonyl (C=O) groups excluding carboxylic acids is 1. The van der Waals surface area contributed by atoms with Crippen LogP contribution in [-0.4, -0.2) is 39.2 Å². The molecule has 0 saturated heterocycles. The lowest BCUT2D eigenvalue weighted by Gasteiger charge is -2.13. The summed E-state index contributed by atoms with van der Waals surface area (Å²) in [5, 5.41) is 22.9. The van der Waals surface area contributed by atoms with Crippen LogP contribution in [-0.2, 0) is 16.6 Å². The Hall–Kier alpha value is -1.11. The number of halogens is 1. The van der Waals surface area contributed by atoms with Crippen molar-refractivity contribution in [3.63, 3.8) is 0 Å². The zero-order chi connectivity index (χ0) is 11.6. The Labute approximate surface area is 91.0 Å². The van der Waals surface area contributed by atoms with Gasteiger partial charge in [0.25, 0.3) is 0 Å². The van der Waals surface area contributed by atoms with Crippen LogP contribution in [0.4, 0.5) is 0 Å². The number of carbonyl (C=O) groups is 1. The molecule has 2 N–H and O–H groups in total. The lowest BCUT2D eigenvalue weighted by molar-refractivity contribution is -0.157. The summed E-state index contributed by atoms with van der Waals surface area (Å²) >= 11 is 5.73. The summed E-state index contributed by atoms with van der Waals surface area (Å²) < 4.78 is 5.64. The molecule has 0 amide bonds. The van der Waals surface area contributed by atoms with Gasteiger partial charge in [0.15, 0.2) is 6.10 Å². The lowest BCUT2D eigenvalue weighted by atomic mass is 10.1. The molecule has 1 heterocycles. The minimum Gasteiger partial charge on any atom is -0.467 e. The van der Waals surface area contributed by atoms with Gasteiger partial charge in [0, 0.05) is 13.2 Å². The predicted molar refractivity (Wildman–Crippen MR) is 51.2 cm³/mol. The van der Waals surface area contributed by atoms with Crippen LogP contribution in [0.1, 0.15) is 11.8 Å². The second kappa shape index (κ2) is 4.61. The smallest absolute Gasteiger partial charge is 0.337 e. The molecule has 0 saturated carbocycles. The third kappa shape index (κ3) is 2.47. The van der Waals surface area contributed by atoms with Gasteiger partial charge in [0.1, 0.15) is 11.8 Å². The molecule has 0 bridgehead atoms. The van der Waals surface area contributed by atoms with Crippen LogP contribution in [0.2, 0.25) is 5.02 Å². The van der Waals surface area contributed by atoms with Crippen LogP contribution < -0.4 is 0 Å². The van der Waals surface area contributed by atoms with E-state index in [0.29, 0.717) is 0 Å². The van der Waals surface area contributed by atoms with E-state index in [0.717, 1.165) is 7.11 Å². The van der Waals surface area contributed by atoms with Crippen LogP contribution in [0, 0.1) is 0 Å². The summed E-state index contributed by atoms with van der Waals surface area (Å²) in [5.41, 5.74) is 0.0390. The molecule has 84 valence electrons. The Kier molecular flexibility index (Phi) is 3.67. The van der Waals surface area contributed by atoms with E-state index in [1.165, 1.54) is 10.9 Å². The maximum atomic E-state index is 10.9. The molecule has 15 heavy (non-hydrogen) atoms. The van der Waals surface area contributed by atoms with Crippen LogP contribution in [0.3, 0.4) is 0 Å². The third-order valence-electron chi connectivity index (χ3n) is 1.83. The molecule has 0 aliphatic rings. The fourth-order valence-electron chi connectivity index (χ4n) is 1.08. The molecule has 1 rings (SSSR count). The first-order valence-corrected chi connectivity index (χ1v) is 4.48. The Balaban J connectivity index is 2.89. The van der Waals surface area contributed by atoms with Crippen molar-refractivity contribution in [2.75, 3.05) is 7.11 Å². The van der Waals surface area contributed by atoms with Crippen LogP contribution in [0.25, 0.3) is 0 Å². The number of hydrogen-bond donors (Lipinski definition) is 2. The Morgan fingerprint density at radius 1 is 1.67 bits per heavy atom. The van der Waals surface area contributed by atoms with Crippen molar-refractivity contribution in [1.29, 1.82) is 0 Å². The van der Waals surface area contributed by atoms with Gasteiger partial charge in [0.2, 0.25) is 0 Å². The van der Waals surface area contributed by atoms with Gasteiger partial charge in [-0.15, -0.1) is 0 Å². The number of aliphatic hydroxyl groups is 2. The fourth-order valence-corrected chi connectivity index (χ4v) is 1.37. The van der Waals surface area contributed by atoms with Crippen LogP contribution in [0.5, 0.6) is 0 Å². The summed E-state index contributed by atoms with van der Waals surface area (Å²) in [5.74, 6) is -0.941. The number of methoxy groups -OCH3 is 1. The first-order chi connectivity index (χ1) is 6.97. The molecule has 0 radical (unpaired) electrons. The van der Waals surface area contributed by atoms with E-state index in [1.807, 2.05) is 0 Å². The molecule has 1 aromatic rings. The quantitative estimate of drug-likeness (QED) is 0.698. The number of aromatic nitrogens is 2. The Morgan fingerprint density at radius 2 is 2.27 bits per heavy atom. The molecule has 2 atom stereocenters. The van der Waals surface area contributed by atoms with E-state index in [1.54, 1.807) is 7.05 Å². The highest BCUT2D eigenvalue weighted by atomic mass is 35.5. The van der Waals surface area contributed by atoms with Gasteiger partial charge in [-0.3, -0.25) is 4.68 Å². The van der Waals surface area contributed by atoms with Crippen LogP contribution >= 0.6 is 11.6 Å². The zero-order valence-electron chi connectivity index (χ0n) is 8.22. The van der Waals surface area contributed by atoms with Crippen molar-refractivity contribution in [2.24, 2.45) is 7.05 Å². The highest BCUT2D eigenvalue weighted by Gasteiger charge is 2.30. The molecule has 0 aromatic carbocycles. The molecule has 7 heteroatoms. The van der Waals surface area contributed by atoms with Crippen molar-refractivity contribution in [1.82, 2.24) is 9.78 Å². The third-order valence-corrected chi connectivity index (χ3v) is 2.12. The van der Waals surface area contributed by atoms with Crippen molar-refractivity contribution in [3.05, 3.63) is 16.9 Å². The van der Waals surface area contributed by atoms with Crippen molar-refractivity contribution in [3.8, 4) is 0 Å². The van der Waals surface area contributed by atoms with Gasteiger partial charge in [-0.05, 0) is 0 Å². The minimum atomic E-state index is -1.69. The summed E-state index contributed by atoms with van der Waals surface area (Å²) in [6, 6.07) is 0. The topological polar surface area (TPSA) is 84.6 Å². The molecular weight excluding hydrogens is 224 g/mol. The highest BCUT2D eigenvalue weighted by Crippen LogP contribution is 2.23. The van der Waals surface area contributed by atoms with Crippen LogP contribution in [0.15, 0.2) is 6.20 Å². The standard InChI is InChI=1S/C8H11ClN2O4/c1-11-3-4(9)5(10-11)6(12)7(13)8(14)15-2/h3,6-7,12-13H,1-2H3. The van der Waals surface area contributed by atoms with Crippen molar-refractivity contribution < 1.29 is 19.7 Å². The fraction of sp³-hybridized carbons (Fsp3) is 0.500. The number of esters is 1. The van der Waals surface area contributed by atoms with E-state index < -0.39 is 18.2 Å². The molecule has 0 fully saturated rings. The first-order valence-electron chi connectivity index (χ1n) is 4.10. The van der Waals surface area contributed by atoms with Gasteiger partial charge >= 0.3 is 5.97 Å². The van der Waals surface area contributed by atoms with E-state index in [9.17, 15) is 15.0 Å². The minimum absolute atomic E-state index is 0.0390. The molecule has 6 nitrogen and oxygen atoms in total. The normalized spacial score (nSPS) is 14.7. The maximum Gasteiger partial charge on any atom is 0.337 e. The van der Waals surface area contributed by atoms with E-state index in [2.05, 4.69) is 9.84 Å². The Bertz CT molecular complexity index is 366. The summed E-state index contributed by atoms with van der Waals surface area (Å²) in [6.45, 7) is 0. The molecule has 1 aromatic heterocycles. The number of rotatable bonds is 3. The summed E-state index contributed by atoms with van der Waals surface area (Å²) in [6.07, 6.45) is -1.74. The predicted octanol–water partition coefficient (Wildman–Crippen LogP) is -0.359. The van der Waals surface area contributed by atoms with Gasteiger partial charge < -0.3 is 14.9 Å². The number of ether oxygens (including phenoxy) is 1. The Morgan fingerprint density at radius 3 is 2.67 bits per heavy atom. The highest BCUT2D eigenvalue weighted by molar-refractivity contribution is 6.31. The van der Waals surface area contributed by atoms with Gasteiger partial charge in [-0.2, -0.15) is 5.10 Å². The molecule has 0 spiro atoms. The summed E-state index contributed by atoms with van der Waals surface area (Å²) in [4.78, 5) is 10.9. The maximum absolute atomic E-state index is 10.9. The number of nitrogens with zero attached hydrogens (tertiary/aromatic N) is 2. The second-order valence-electron chi connectivity index (χ2n) is 2.95. The van der Waals surface area contributed by atoms with E-state index in [-0.39, 0.29) is 10.7 Å². The average molecular weight is 235 g/mol. The number of aryl methyl sites for hydroxylation is 1. The molecular formula is C8H11ClN2O4.